The molecule has 33 heavy (non-hydrogen) atoms. The molecule has 0 fully saturated rings. The number of methoxy groups -OCH3 is 1. The van der Waals surface area contributed by atoms with E-state index in [1.54, 1.807) is 0 Å². The lowest BCUT2D eigenvalue weighted by molar-refractivity contribution is 0.0590. The lowest BCUT2D eigenvalue weighted by Gasteiger charge is -2.23. The molecule has 0 saturated carbocycles. The van der Waals surface area contributed by atoms with Crippen LogP contribution in [-0.2, 0) is 11.2 Å². The zero-order valence-corrected chi connectivity index (χ0v) is 17.9. The maximum absolute atomic E-state index is 14.7. The molecule has 0 saturated heterocycles. The van der Waals surface area contributed by atoms with Crippen molar-refractivity contribution in [1.29, 1.82) is 0 Å². The minimum absolute atomic E-state index is 0.347. The van der Waals surface area contributed by atoms with E-state index in [0.717, 1.165) is 54.5 Å². The van der Waals surface area contributed by atoms with Crippen molar-refractivity contribution in [3.63, 3.8) is 0 Å². The van der Waals surface area contributed by atoms with E-state index in [1.165, 1.54) is 0 Å². The summed E-state index contributed by atoms with van der Waals surface area (Å²) in [6.07, 6.45) is 1.78. The third-order valence-electron chi connectivity index (χ3n) is 5.40. The van der Waals surface area contributed by atoms with Crippen molar-refractivity contribution in [1.82, 2.24) is 5.32 Å². The smallest absolute Gasteiger partial charge is 0.343 e. The molecule has 0 bridgehead atoms. The Morgan fingerprint density at radius 1 is 1.03 bits per heavy atom. The number of benzene rings is 3. The number of carbonyl (C=O) groups is 2. The third-order valence-corrected chi connectivity index (χ3v) is 5.40. The van der Waals surface area contributed by atoms with Gasteiger partial charge in [0, 0.05) is 0 Å². The molecule has 170 valence electrons. The van der Waals surface area contributed by atoms with Crippen molar-refractivity contribution in [3.8, 4) is 5.75 Å². The number of fused-ring (bicyclic) bond motifs is 1. The van der Waals surface area contributed by atoms with E-state index >= 15 is 0 Å². The average Bonchev–Trinajstić information content (AvgIpc) is 2.84. The molecule has 1 unspecified atom stereocenters. The van der Waals surface area contributed by atoms with Crippen molar-refractivity contribution in [3.05, 3.63) is 94.6 Å². The zero-order valence-electron chi connectivity index (χ0n) is 17.9. The Morgan fingerprint density at radius 2 is 1.82 bits per heavy atom. The number of amides is 2. The molecule has 1 heterocycles. The molecule has 0 aromatic heterocycles. The van der Waals surface area contributed by atoms with Crippen LogP contribution < -0.4 is 15.4 Å². The molecular weight excluding hydrogens is 430 g/mol. The van der Waals surface area contributed by atoms with Crippen LogP contribution in [0.25, 0.3) is 0 Å². The van der Waals surface area contributed by atoms with Crippen molar-refractivity contribution in [2.45, 2.75) is 18.9 Å². The standard InChI is InChI=1S/C25H22F2N2O4/c1-32-24(30)21-18(26)10-11-19(22(21)27)28-25(31)29-23(15-6-3-2-4-7-15)17-9-12-20-16(14-17)8-5-13-33-20/h2-4,6-7,9-12,14,23H,5,8,13H2,1H3,(H2,28,29,31). The maximum atomic E-state index is 14.7. The normalized spacial score (nSPS) is 13.3. The van der Waals surface area contributed by atoms with Crippen molar-refractivity contribution < 1.29 is 27.8 Å². The summed E-state index contributed by atoms with van der Waals surface area (Å²) in [5.41, 5.74) is 1.48. The monoisotopic (exact) mass is 452 g/mol. The average molecular weight is 452 g/mol. The Hall–Kier alpha value is -3.94. The molecule has 2 amide bonds. The number of esters is 1. The lowest BCUT2D eigenvalue weighted by atomic mass is 9.95. The molecule has 3 aromatic rings. The van der Waals surface area contributed by atoms with Crippen LogP contribution in [-0.4, -0.2) is 25.7 Å². The molecule has 0 aliphatic carbocycles. The van der Waals surface area contributed by atoms with Gasteiger partial charge in [-0.2, -0.15) is 0 Å². The third kappa shape index (κ3) is 4.79. The van der Waals surface area contributed by atoms with Crippen LogP contribution >= 0.6 is 0 Å². The number of carbonyl (C=O) groups excluding carboxylic acids is 2. The molecule has 6 nitrogen and oxygen atoms in total. The highest BCUT2D eigenvalue weighted by Gasteiger charge is 2.24. The van der Waals surface area contributed by atoms with Gasteiger partial charge in [0.15, 0.2) is 5.82 Å². The van der Waals surface area contributed by atoms with Gasteiger partial charge in [0.25, 0.3) is 0 Å². The Kier molecular flexibility index (Phi) is 6.53. The number of rotatable bonds is 5. The summed E-state index contributed by atoms with van der Waals surface area (Å²) in [5, 5.41) is 5.21. The van der Waals surface area contributed by atoms with Crippen LogP contribution in [0.3, 0.4) is 0 Å². The summed E-state index contributed by atoms with van der Waals surface area (Å²) < 4.78 is 38.7. The van der Waals surface area contributed by atoms with Crippen molar-refractivity contribution >= 4 is 17.7 Å². The van der Waals surface area contributed by atoms with Gasteiger partial charge < -0.3 is 20.1 Å². The van der Waals surface area contributed by atoms with Crippen LogP contribution in [0.2, 0.25) is 0 Å². The Balaban J connectivity index is 1.61. The van der Waals surface area contributed by atoms with Gasteiger partial charge in [-0.1, -0.05) is 36.4 Å². The fraction of sp³-hybridized carbons (Fsp3) is 0.200. The highest BCUT2D eigenvalue weighted by Crippen LogP contribution is 2.30. The van der Waals surface area contributed by atoms with E-state index in [9.17, 15) is 18.4 Å². The SMILES string of the molecule is COC(=O)c1c(F)ccc(NC(=O)NC(c2ccccc2)c2ccc3c(c2)CCCO3)c1F. The first kappa shape index (κ1) is 22.3. The molecule has 8 heteroatoms. The Morgan fingerprint density at radius 3 is 2.58 bits per heavy atom. The van der Waals surface area contributed by atoms with E-state index in [1.807, 2.05) is 48.5 Å². The highest BCUT2D eigenvalue weighted by molar-refractivity contribution is 5.94. The van der Waals surface area contributed by atoms with E-state index in [0.29, 0.717) is 6.61 Å². The maximum Gasteiger partial charge on any atom is 0.343 e. The molecule has 0 spiro atoms. The number of anilines is 1. The van der Waals surface area contributed by atoms with E-state index in [4.69, 9.17) is 4.74 Å². The predicted molar refractivity (Wildman–Crippen MR) is 118 cm³/mol. The topological polar surface area (TPSA) is 76.7 Å². The van der Waals surface area contributed by atoms with Gasteiger partial charge in [-0.25, -0.2) is 18.4 Å². The van der Waals surface area contributed by atoms with Gasteiger partial charge in [0.2, 0.25) is 0 Å². The second kappa shape index (κ2) is 9.68. The van der Waals surface area contributed by atoms with Crippen LogP contribution in [0, 0.1) is 11.6 Å². The summed E-state index contributed by atoms with van der Waals surface area (Å²) >= 11 is 0. The first-order chi connectivity index (χ1) is 16.0. The molecule has 4 rings (SSSR count). The second-order valence-corrected chi connectivity index (χ2v) is 7.54. The molecule has 2 N–H and O–H groups in total. The molecule has 1 atom stereocenters. The van der Waals surface area contributed by atoms with Gasteiger partial charge in [0.05, 0.1) is 25.4 Å². The quantitative estimate of drug-likeness (QED) is 0.535. The molecule has 1 aliphatic heterocycles. The summed E-state index contributed by atoms with van der Waals surface area (Å²) in [5.74, 6) is -2.64. The van der Waals surface area contributed by atoms with Crippen molar-refractivity contribution in [2.24, 2.45) is 0 Å². The van der Waals surface area contributed by atoms with E-state index in [-0.39, 0.29) is 5.69 Å². The second-order valence-electron chi connectivity index (χ2n) is 7.54. The molecule has 1 aliphatic rings. The number of hydrogen-bond donors (Lipinski definition) is 2. The lowest BCUT2D eigenvalue weighted by Crippen LogP contribution is -2.33. The van der Waals surface area contributed by atoms with Crippen LogP contribution in [0.5, 0.6) is 5.75 Å². The summed E-state index contributed by atoms with van der Waals surface area (Å²) in [7, 11) is 1.02. The molecular formula is C25H22F2N2O4. The zero-order chi connectivity index (χ0) is 23.4. The fourth-order valence-electron chi connectivity index (χ4n) is 3.79. The minimum atomic E-state index is -1.21. The van der Waals surface area contributed by atoms with Crippen LogP contribution in [0.15, 0.2) is 60.7 Å². The molecule has 3 aromatic carbocycles. The fourth-order valence-corrected chi connectivity index (χ4v) is 3.79. The number of aryl methyl sites for hydroxylation is 1. The van der Waals surface area contributed by atoms with Gasteiger partial charge in [0.1, 0.15) is 17.1 Å². The van der Waals surface area contributed by atoms with Gasteiger partial charge in [-0.3, -0.25) is 0 Å². The number of urea groups is 1. The predicted octanol–water partition coefficient (Wildman–Crippen LogP) is 4.99. The minimum Gasteiger partial charge on any atom is -0.493 e. The van der Waals surface area contributed by atoms with Crippen molar-refractivity contribution in [2.75, 3.05) is 19.0 Å². The van der Waals surface area contributed by atoms with Gasteiger partial charge in [-0.05, 0) is 53.8 Å². The number of nitrogens with one attached hydrogen (secondary N) is 2. The number of hydrogen-bond acceptors (Lipinski definition) is 4. The Bertz CT molecular complexity index is 1180. The van der Waals surface area contributed by atoms with Gasteiger partial charge in [-0.15, -0.1) is 0 Å². The number of ether oxygens (including phenoxy) is 2. The van der Waals surface area contributed by atoms with E-state index in [2.05, 4.69) is 15.4 Å². The van der Waals surface area contributed by atoms with E-state index < -0.39 is 35.2 Å². The summed E-state index contributed by atoms with van der Waals surface area (Å²) in [6.45, 7) is 0.673. The highest BCUT2D eigenvalue weighted by atomic mass is 19.1. The number of halogens is 2. The summed E-state index contributed by atoms with van der Waals surface area (Å²) in [6, 6.07) is 15.7. The molecule has 0 radical (unpaired) electrons. The first-order valence-electron chi connectivity index (χ1n) is 10.4. The van der Waals surface area contributed by atoms with Crippen LogP contribution in [0.4, 0.5) is 19.3 Å². The largest absolute Gasteiger partial charge is 0.493 e. The first-order valence-corrected chi connectivity index (χ1v) is 10.4. The van der Waals surface area contributed by atoms with Gasteiger partial charge >= 0.3 is 12.0 Å². The van der Waals surface area contributed by atoms with Crippen LogP contribution in [0.1, 0.15) is 39.5 Å². The Labute approximate surface area is 189 Å². The summed E-state index contributed by atoms with van der Waals surface area (Å²) in [4.78, 5) is 24.5.